The molecule has 0 spiro atoms. The molecule has 6 heteroatoms. The summed E-state index contributed by atoms with van der Waals surface area (Å²) in [7, 11) is 0. The Balaban J connectivity index is 1.53. The molecule has 0 aromatic carbocycles. The molecule has 0 bridgehead atoms. The molecule has 1 saturated heterocycles. The van der Waals surface area contributed by atoms with Crippen molar-refractivity contribution in [2.24, 2.45) is 0 Å². The number of thiazole rings is 1. The third kappa shape index (κ3) is 3.85. The Labute approximate surface area is 135 Å². The fraction of sp³-hybridized carbons (Fsp3) is 0.688. The molecule has 1 aliphatic carbocycles. The second-order valence-corrected chi connectivity index (χ2v) is 7.04. The summed E-state index contributed by atoms with van der Waals surface area (Å²) in [5.74, 6) is 0.195. The SMILES string of the molecule is O=C(Cc1csc(N2CCCC2=O)n1)NC1CCCCCC1. The number of hydrogen-bond donors (Lipinski definition) is 1. The average Bonchev–Trinajstić information content (AvgIpc) is 3.02. The minimum absolute atomic E-state index is 0.0523. The maximum Gasteiger partial charge on any atom is 0.228 e. The zero-order valence-electron chi connectivity index (χ0n) is 12.8. The summed E-state index contributed by atoms with van der Waals surface area (Å²) in [5, 5.41) is 5.77. The lowest BCUT2D eigenvalue weighted by molar-refractivity contribution is -0.121. The minimum Gasteiger partial charge on any atom is -0.353 e. The lowest BCUT2D eigenvalue weighted by atomic mass is 10.1. The summed E-state index contributed by atoms with van der Waals surface area (Å²) < 4.78 is 0. The van der Waals surface area contributed by atoms with E-state index in [2.05, 4.69) is 10.3 Å². The molecule has 1 saturated carbocycles. The molecular weight excluding hydrogens is 298 g/mol. The number of carbonyl (C=O) groups is 2. The lowest BCUT2D eigenvalue weighted by Gasteiger charge is -2.15. The Morgan fingerprint density at radius 2 is 2.05 bits per heavy atom. The Bertz CT molecular complexity index is 535. The van der Waals surface area contributed by atoms with Gasteiger partial charge in [0.05, 0.1) is 12.1 Å². The Hall–Kier alpha value is -1.43. The summed E-state index contributed by atoms with van der Waals surface area (Å²) in [6.45, 7) is 0.750. The largest absolute Gasteiger partial charge is 0.353 e. The van der Waals surface area contributed by atoms with Gasteiger partial charge in [-0.05, 0) is 19.3 Å². The normalized spacial score (nSPS) is 20.2. The number of hydrogen-bond acceptors (Lipinski definition) is 4. The van der Waals surface area contributed by atoms with Crippen LogP contribution in [-0.2, 0) is 16.0 Å². The van der Waals surface area contributed by atoms with Crippen LogP contribution in [0.15, 0.2) is 5.38 Å². The van der Waals surface area contributed by atoms with Crippen LogP contribution in [0, 0.1) is 0 Å². The molecule has 2 heterocycles. The van der Waals surface area contributed by atoms with Crippen molar-refractivity contribution < 1.29 is 9.59 Å². The molecule has 1 aliphatic heterocycles. The molecule has 120 valence electrons. The number of aromatic nitrogens is 1. The predicted molar refractivity (Wildman–Crippen MR) is 87.0 cm³/mol. The molecule has 3 rings (SSSR count). The Morgan fingerprint density at radius 1 is 1.27 bits per heavy atom. The highest BCUT2D eigenvalue weighted by Crippen LogP contribution is 2.25. The third-order valence-electron chi connectivity index (χ3n) is 4.41. The molecule has 1 N–H and O–H groups in total. The van der Waals surface area contributed by atoms with Crippen LogP contribution in [0.3, 0.4) is 0 Å². The highest BCUT2D eigenvalue weighted by Gasteiger charge is 2.24. The van der Waals surface area contributed by atoms with Gasteiger partial charge < -0.3 is 5.32 Å². The number of nitrogens with one attached hydrogen (secondary N) is 1. The van der Waals surface area contributed by atoms with Gasteiger partial charge in [0.15, 0.2) is 5.13 Å². The molecule has 5 nitrogen and oxygen atoms in total. The maximum absolute atomic E-state index is 12.2. The van der Waals surface area contributed by atoms with E-state index in [0.29, 0.717) is 18.9 Å². The van der Waals surface area contributed by atoms with E-state index in [1.165, 1.54) is 37.0 Å². The van der Waals surface area contributed by atoms with Crippen LogP contribution < -0.4 is 10.2 Å². The summed E-state index contributed by atoms with van der Waals surface area (Å²) in [6, 6.07) is 0.327. The number of rotatable bonds is 4. The van der Waals surface area contributed by atoms with Gasteiger partial charge in [-0.25, -0.2) is 4.98 Å². The van der Waals surface area contributed by atoms with E-state index in [9.17, 15) is 9.59 Å². The van der Waals surface area contributed by atoms with E-state index in [0.717, 1.165) is 36.6 Å². The van der Waals surface area contributed by atoms with Gasteiger partial charge in [0.25, 0.3) is 0 Å². The topological polar surface area (TPSA) is 62.3 Å². The first-order chi connectivity index (χ1) is 10.7. The highest BCUT2D eigenvalue weighted by molar-refractivity contribution is 7.14. The number of carbonyl (C=O) groups excluding carboxylic acids is 2. The Kier molecular flexibility index (Phi) is 5.08. The maximum atomic E-state index is 12.2. The van der Waals surface area contributed by atoms with Gasteiger partial charge in [0, 0.05) is 24.4 Å². The third-order valence-corrected chi connectivity index (χ3v) is 5.32. The molecule has 0 atom stereocenters. The number of amides is 2. The van der Waals surface area contributed by atoms with Gasteiger partial charge >= 0.3 is 0 Å². The van der Waals surface area contributed by atoms with Crippen LogP contribution in [-0.4, -0.2) is 29.4 Å². The van der Waals surface area contributed by atoms with E-state index < -0.39 is 0 Å². The average molecular weight is 321 g/mol. The molecule has 1 aromatic rings. The van der Waals surface area contributed by atoms with Crippen LogP contribution in [0.4, 0.5) is 5.13 Å². The second-order valence-electron chi connectivity index (χ2n) is 6.20. The molecular formula is C16H23N3O2S. The van der Waals surface area contributed by atoms with Gasteiger partial charge in [-0.3, -0.25) is 14.5 Å². The van der Waals surface area contributed by atoms with E-state index in [4.69, 9.17) is 0 Å². The minimum atomic E-state index is 0.0523. The van der Waals surface area contributed by atoms with Gasteiger partial charge in [0.2, 0.25) is 11.8 Å². The van der Waals surface area contributed by atoms with Crippen molar-refractivity contribution in [3.8, 4) is 0 Å². The van der Waals surface area contributed by atoms with Crippen molar-refractivity contribution in [2.75, 3.05) is 11.4 Å². The van der Waals surface area contributed by atoms with Gasteiger partial charge in [-0.1, -0.05) is 25.7 Å². The van der Waals surface area contributed by atoms with E-state index in [1.807, 2.05) is 5.38 Å². The van der Waals surface area contributed by atoms with Gasteiger partial charge in [-0.2, -0.15) is 0 Å². The van der Waals surface area contributed by atoms with Crippen LogP contribution in [0.5, 0.6) is 0 Å². The second kappa shape index (κ2) is 7.22. The molecule has 2 fully saturated rings. The van der Waals surface area contributed by atoms with Crippen molar-refractivity contribution in [3.05, 3.63) is 11.1 Å². The summed E-state index contributed by atoms with van der Waals surface area (Å²) in [4.78, 5) is 30.1. The summed E-state index contributed by atoms with van der Waals surface area (Å²) in [6.07, 6.45) is 9.00. The monoisotopic (exact) mass is 321 g/mol. The van der Waals surface area contributed by atoms with Gasteiger partial charge in [-0.15, -0.1) is 11.3 Å². The highest BCUT2D eigenvalue weighted by atomic mass is 32.1. The van der Waals surface area contributed by atoms with Crippen molar-refractivity contribution in [2.45, 2.75) is 63.8 Å². The summed E-state index contributed by atoms with van der Waals surface area (Å²) in [5.41, 5.74) is 0.769. The predicted octanol–water partition coefficient (Wildman–Crippen LogP) is 2.65. The fourth-order valence-corrected chi connectivity index (χ4v) is 4.09. The first-order valence-electron chi connectivity index (χ1n) is 8.26. The number of anilines is 1. The first kappa shape index (κ1) is 15.5. The van der Waals surface area contributed by atoms with Crippen LogP contribution in [0.1, 0.15) is 57.1 Å². The Morgan fingerprint density at radius 3 is 2.73 bits per heavy atom. The van der Waals surface area contributed by atoms with Crippen LogP contribution >= 0.6 is 11.3 Å². The van der Waals surface area contributed by atoms with Crippen LogP contribution in [0.25, 0.3) is 0 Å². The van der Waals surface area contributed by atoms with E-state index in [-0.39, 0.29) is 11.8 Å². The molecule has 0 unspecified atom stereocenters. The molecule has 1 aromatic heterocycles. The molecule has 22 heavy (non-hydrogen) atoms. The quantitative estimate of drug-likeness (QED) is 0.867. The zero-order chi connectivity index (χ0) is 15.4. The first-order valence-corrected chi connectivity index (χ1v) is 9.14. The smallest absolute Gasteiger partial charge is 0.228 e. The lowest BCUT2D eigenvalue weighted by Crippen LogP contribution is -2.35. The van der Waals surface area contributed by atoms with Crippen molar-refractivity contribution >= 4 is 28.3 Å². The van der Waals surface area contributed by atoms with E-state index >= 15 is 0 Å². The standard InChI is InChI=1S/C16H23N3O2S/c20-14(17-12-6-3-1-2-4-7-12)10-13-11-22-16(18-13)19-9-5-8-15(19)21/h11-12H,1-10H2,(H,17,20). The fourth-order valence-electron chi connectivity index (χ4n) is 3.22. The van der Waals surface area contributed by atoms with Gasteiger partial charge in [0.1, 0.15) is 0 Å². The van der Waals surface area contributed by atoms with Crippen molar-refractivity contribution in [3.63, 3.8) is 0 Å². The zero-order valence-corrected chi connectivity index (χ0v) is 13.7. The van der Waals surface area contributed by atoms with Crippen LogP contribution in [0.2, 0.25) is 0 Å². The van der Waals surface area contributed by atoms with E-state index in [1.54, 1.807) is 4.90 Å². The molecule has 2 amide bonds. The number of nitrogens with zero attached hydrogens (tertiary/aromatic N) is 2. The van der Waals surface area contributed by atoms with Crippen molar-refractivity contribution in [1.29, 1.82) is 0 Å². The molecule has 2 aliphatic rings. The summed E-state index contributed by atoms with van der Waals surface area (Å²) >= 11 is 1.46. The van der Waals surface area contributed by atoms with Crippen molar-refractivity contribution in [1.82, 2.24) is 10.3 Å². The molecule has 0 radical (unpaired) electrons.